The highest BCUT2D eigenvalue weighted by Gasteiger charge is 2.11. The number of ether oxygens (including phenoxy) is 2. The Bertz CT molecular complexity index is 491. The third-order valence-electron chi connectivity index (χ3n) is 2.74. The van der Waals surface area contributed by atoms with Gasteiger partial charge in [0.05, 0.1) is 20.8 Å². The Morgan fingerprint density at radius 3 is 2.45 bits per heavy atom. The Balaban J connectivity index is 2.65. The van der Waals surface area contributed by atoms with Crippen LogP contribution in [0.5, 0.6) is 11.5 Å². The lowest BCUT2D eigenvalue weighted by Crippen LogP contribution is -2.41. The SMILES string of the molecule is COc1ccc(C(C)NCC(=O)NC(N)=O)cc1OC. The van der Waals surface area contributed by atoms with Crippen molar-refractivity contribution >= 4 is 11.9 Å². The van der Waals surface area contributed by atoms with Crippen LogP contribution in [0, 0.1) is 0 Å². The maximum absolute atomic E-state index is 11.3. The van der Waals surface area contributed by atoms with Gasteiger partial charge in [-0.3, -0.25) is 10.1 Å². The predicted octanol–water partition coefficient (Wildman–Crippen LogP) is 0.549. The van der Waals surface area contributed by atoms with Gasteiger partial charge >= 0.3 is 6.03 Å². The first-order valence-corrected chi connectivity index (χ1v) is 6.02. The molecule has 0 saturated heterocycles. The average molecular weight is 281 g/mol. The summed E-state index contributed by atoms with van der Waals surface area (Å²) in [5.74, 6) is 0.764. The third kappa shape index (κ3) is 4.43. The molecule has 110 valence electrons. The maximum atomic E-state index is 11.3. The topological polar surface area (TPSA) is 103 Å². The molecule has 0 aliphatic carbocycles. The fraction of sp³-hybridized carbons (Fsp3) is 0.385. The van der Waals surface area contributed by atoms with Crippen LogP contribution in [0.4, 0.5) is 4.79 Å². The van der Waals surface area contributed by atoms with Crippen molar-refractivity contribution in [2.24, 2.45) is 5.73 Å². The van der Waals surface area contributed by atoms with E-state index >= 15 is 0 Å². The van der Waals surface area contributed by atoms with Crippen molar-refractivity contribution in [3.05, 3.63) is 23.8 Å². The lowest BCUT2D eigenvalue weighted by Gasteiger charge is -2.16. The summed E-state index contributed by atoms with van der Waals surface area (Å²) < 4.78 is 10.4. The van der Waals surface area contributed by atoms with Crippen LogP contribution in [0.2, 0.25) is 0 Å². The predicted molar refractivity (Wildman–Crippen MR) is 73.7 cm³/mol. The van der Waals surface area contributed by atoms with Crippen LogP contribution in [0.3, 0.4) is 0 Å². The van der Waals surface area contributed by atoms with Crippen molar-refractivity contribution in [2.75, 3.05) is 20.8 Å². The fourth-order valence-corrected chi connectivity index (χ4v) is 1.67. The minimum absolute atomic E-state index is 0.0154. The summed E-state index contributed by atoms with van der Waals surface area (Å²) in [7, 11) is 3.12. The molecule has 0 saturated carbocycles. The highest BCUT2D eigenvalue weighted by Crippen LogP contribution is 2.29. The van der Waals surface area contributed by atoms with Gasteiger partial charge in [0.2, 0.25) is 5.91 Å². The van der Waals surface area contributed by atoms with Crippen LogP contribution in [-0.2, 0) is 4.79 Å². The quantitative estimate of drug-likeness (QED) is 0.706. The van der Waals surface area contributed by atoms with Crippen molar-refractivity contribution < 1.29 is 19.1 Å². The number of primary amides is 1. The molecule has 0 fully saturated rings. The minimum Gasteiger partial charge on any atom is -0.493 e. The van der Waals surface area contributed by atoms with Gasteiger partial charge in [-0.25, -0.2) is 4.79 Å². The molecule has 1 rings (SSSR count). The molecular weight excluding hydrogens is 262 g/mol. The van der Waals surface area contributed by atoms with Crippen molar-refractivity contribution in [3.8, 4) is 11.5 Å². The molecule has 0 heterocycles. The standard InChI is InChI=1S/C13H19N3O4/c1-8(15-7-12(17)16-13(14)18)9-4-5-10(19-2)11(6-9)20-3/h4-6,8,15H,7H2,1-3H3,(H3,14,16,17,18). The summed E-state index contributed by atoms with van der Waals surface area (Å²) in [5, 5.41) is 4.96. The van der Waals surface area contributed by atoms with Crippen molar-refractivity contribution in [2.45, 2.75) is 13.0 Å². The van der Waals surface area contributed by atoms with Crippen LogP contribution in [0.15, 0.2) is 18.2 Å². The summed E-state index contributed by atoms with van der Waals surface area (Å²) in [5.41, 5.74) is 5.78. The van der Waals surface area contributed by atoms with Crippen molar-refractivity contribution in [1.29, 1.82) is 0 Å². The van der Waals surface area contributed by atoms with E-state index < -0.39 is 11.9 Å². The molecule has 1 unspecified atom stereocenters. The van der Waals surface area contributed by atoms with Crippen LogP contribution in [-0.4, -0.2) is 32.7 Å². The summed E-state index contributed by atoms with van der Waals surface area (Å²) >= 11 is 0. The number of rotatable bonds is 6. The highest BCUT2D eigenvalue weighted by molar-refractivity contribution is 5.94. The van der Waals surface area contributed by atoms with Gasteiger partial charge in [-0.15, -0.1) is 0 Å². The molecule has 0 aliphatic rings. The normalized spacial score (nSPS) is 11.6. The molecule has 0 bridgehead atoms. The molecule has 1 atom stereocenters. The molecule has 0 aliphatic heterocycles. The molecule has 3 amide bonds. The van der Waals surface area contributed by atoms with Crippen LogP contribution >= 0.6 is 0 Å². The van der Waals surface area contributed by atoms with E-state index in [1.165, 1.54) is 0 Å². The van der Waals surface area contributed by atoms with E-state index in [-0.39, 0.29) is 12.6 Å². The first-order valence-electron chi connectivity index (χ1n) is 6.02. The summed E-state index contributed by atoms with van der Waals surface area (Å²) in [4.78, 5) is 21.8. The Morgan fingerprint density at radius 2 is 1.90 bits per heavy atom. The number of urea groups is 1. The number of carbonyl (C=O) groups is 2. The third-order valence-corrected chi connectivity index (χ3v) is 2.74. The van der Waals surface area contributed by atoms with E-state index in [0.29, 0.717) is 11.5 Å². The number of nitrogens with one attached hydrogen (secondary N) is 2. The number of hydrogen-bond donors (Lipinski definition) is 3. The molecule has 1 aromatic rings. The average Bonchev–Trinajstić information content (AvgIpc) is 2.43. The number of carbonyl (C=O) groups excluding carboxylic acids is 2. The summed E-state index contributed by atoms with van der Waals surface area (Å²) in [6.45, 7) is 1.87. The Morgan fingerprint density at radius 1 is 1.25 bits per heavy atom. The van der Waals surface area contributed by atoms with Crippen LogP contribution < -0.4 is 25.8 Å². The zero-order valence-electron chi connectivity index (χ0n) is 11.7. The van der Waals surface area contributed by atoms with Crippen LogP contribution in [0.1, 0.15) is 18.5 Å². The first-order chi connectivity index (χ1) is 9.47. The Kier molecular flexibility index (Phi) is 5.79. The van der Waals surface area contributed by atoms with Gasteiger partial charge in [0.1, 0.15) is 0 Å². The van der Waals surface area contributed by atoms with E-state index in [1.54, 1.807) is 20.3 Å². The molecule has 4 N–H and O–H groups in total. The second-order valence-electron chi connectivity index (χ2n) is 4.13. The molecular formula is C13H19N3O4. The number of nitrogens with two attached hydrogens (primary N) is 1. The molecule has 0 aromatic heterocycles. The van der Waals surface area contributed by atoms with E-state index in [9.17, 15) is 9.59 Å². The zero-order valence-corrected chi connectivity index (χ0v) is 11.7. The van der Waals surface area contributed by atoms with E-state index in [2.05, 4.69) is 5.32 Å². The first kappa shape index (κ1) is 15.8. The smallest absolute Gasteiger partial charge is 0.318 e. The fourth-order valence-electron chi connectivity index (χ4n) is 1.67. The largest absolute Gasteiger partial charge is 0.493 e. The maximum Gasteiger partial charge on any atom is 0.318 e. The minimum atomic E-state index is -0.865. The summed E-state index contributed by atoms with van der Waals surface area (Å²) in [6, 6.07) is 4.51. The van der Waals surface area contributed by atoms with E-state index in [0.717, 1.165) is 5.56 Å². The number of imide groups is 1. The molecule has 0 radical (unpaired) electrons. The van der Waals surface area contributed by atoms with E-state index in [4.69, 9.17) is 15.2 Å². The monoisotopic (exact) mass is 281 g/mol. The van der Waals surface area contributed by atoms with Gasteiger partial charge < -0.3 is 20.5 Å². The van der Waals surface area contributed by atoms with Crippen molar-refractivity contribution in [1.82, 2.24) is 10.6 Å². The summed E-state index contributed by atoms with van der Waals surface area (Å²) in [6.07, 6.45) is 0. The van der Waals surface area contributed by atoms with Gasteiger partial charge in [0, 0.05) is 6.04 Å². The zero-order chi connectivity index (χ0) is 15.1. The number of hydrogen-bond acceptors (Lipinski definition) is 5. The number of amides is 3. The number of benzene rings is 1. The Labute approximate surface area is 117 Å². The molecule has 20 heavy (non-hydrogen) atoms. The molecule has 7 heteroatoms. The van der Waals surface area contributed by atoms with E-state index in [1.807, 2.05) is 24.4 Å². The molecule has 7 nitrogen and oxygen atoms in total. The molecule has 1 aromatic carbocycles. The highest BCUT2D eigenvalue weighted by atomic mass is 16.5. The van der Waals surface area contributed by atoms with Crippen LogP contribution in [0.25, 0.3) is 0 Å². The van der Waals surface area contributed by atoms with Gasteiger partial charge in [-0.05, 0) is 24.6 Å². The lowest BCUT2D eigenvalue weighted by atomic mass is 10.1. The van der Waals surface area contributed by atoms with Gasteiger partial charge in [-0.2, -0.15) is 0 Å². The lowest BCUT2D eigenvalue weighted by molar-refractivity contribution is -0.119. The van der Waals surface area contributed by atoms with Crippen molar-refractivity contribution in [3.63, 3.8) is 0 Å². The second-order valence-corrected chi connectivity index (χ2v) is 4.13. The number of methoxy groups -OCH3 is 2. The molecule has 0 spiro atoms. The Hall–Kier alpha value is -2.28. The van der Waals surface area contributed by atoms with Gasteiger partial charge in [-0.1, -0.05) is 6.07 Å². The van der Waals surface area contributed by atoms with Gasteiger partial charge in [0.25, 0.3) is 0 Å². The van der Waals surface area contributed by atoms with Gasteiger partial charge in [0.15, 0.2) is 11.5 Å². The second kappa shape index (κ2) is 7.34.